The predicted molar refractivity (Wildman–Crippen MR) is 131 cm³/mol. The Morgan fingerprint density at radius 3 is 2.79 bits per heavy atom. The summed E-state index contributed by atoms with van der Waals surface area (Å²) in [4.78, 5) is 7.58. The molecule has 0 bridgehead atoms. The van der Waals surface area contributed by atoms with E-state index >= 15 is 0 Å². The number of hydrogen-bond acceptors (Lipinski definition) is 6. The second-order valence-electron chi connectivity index (χ2n) is 7.91. The number of nitrogens with zero attached hydrogens (tertiary/aromatic N) is 2. The lowest BCUT2D eigenvalue weighted by molar-refractivity contribution is -0.0104. The molecule has 3 rings (SSSR count). The van der Waals surface area contributed by atoms with Gasteiger partial charge in [0, 0.05) is 51.1 Å². The smallest absolute Gasteiger partial charge is 0.191 e. The number of halogens is 1. The number of aliphatic imine (C=N–C) groups is 1. The molecule has 29 heavy (non-hydrogen) atoms. The molecule has 2 N–H and O–H groups in total. The summed E-state index contributed by atoms with van der Waals surface area (Å²) in [6, 6.07) is 0. The molecule has 9 heteroatoms. The van der Waals surface area contributed by atoms with Crippen molar-refractivity contribution >= 4 is 41.7 Å². The normalized spacial score (nSPS) is 28.3. The maximum atomic E-state index is 5.79. The molecule has 0 saturated carbocycles. The quantitative estimate of drug-likeness (QED) is 0.189. The summed E-state index contributed by atoms with van der Waals surface area (Å²) >= 11 is 2.06. The predicted octanol–water partition coefficient (Wildman–Crippen LogP) is 1.81. The van der Waals surface area contributed by atoms with E-state index in [0.29, 0.717) is 5.92 Å². The number of morpholine rings is 1. The van der Waals surface area contributed by atoms with E-state index in [1.807, 2.05) is 0 Å². The first kappa shape index (κ1) is 25.5. The van der Waals surface area contributed by atoms with Crippen LogP contribution in [0.15, 0.2) is 4.99 Å². The van der Waals surface area contributed by atoms with Gasteiger partial charge in [-0.3, -0.25) is 9.89 Å². The summed E-state index contributed by atoms with van der Waals surface area (Å²) in [6.45, 7) is 11.9. The molecular weight excluding hydrogens is 503 g/mol. The van der Waals surface area contributed by atoms with Gasteiger partial charge in [0.25, 0.3) is 0 Å². The minimum atomic E-state index is 0. The van der Waals surface area contributed by atoms with Gasteiger partial charge < -0.3 is 24.8 Å². The molecule has 0 aliphatic carbocycles. The molecule has 0 spiro atoms. The second-order valence-corrected chi connectivity index (χ2v) is 9.01. The summed E-state index contributed by atoms with van der Waals surface area (Å²) < 4.78 is 16.7. The van der Waals surface area contributed by atoms with Crippen LogP contribution in [0.3, 0.4) is 0 Å². The average Bonchev–Trinajstić information content (AvgIpc) is 3.42. The molecule has 170 valence electrons. The average molecular weight is 543 g/mol. The van der Waals surface area contributed by atoms with Crippen molar-refractivity contribution in [2.45, 2.75) is 31.7 Å². The first-order valence-electron chi connectivity index (χ1n) is 10.9. The van der Waals surface area contributed by atoms with E-state index in [2.05, 4.69) is 34.2 Å². The number of rotatable bonds is 10. The van der Waals surface area contributed by atoms with Crippen LogP contribution in [-0.4, -0.2) is 100 Å². The van der Waals surface area contributed by atoms with Crippen molar-refractivity contribution < 1.29 is 14.2 Å². The fourth-order valence-electron chi connectivity index (χ4n) is 4.02. The Bertz CT molecular complexity index is 469. The van der Waals surface area contributed by atoms with E-state index in [0.717, 1.165) is 91.2 Å². The maximum Gasteiger partial charge on any atom is 0.191 e. The Morgan fingerprint density at radius 1 is 1.24 bits per heavy atom. The largest absolute Gasteiger partial charge is 0.381 e. The Hall–Kier alpha value is 0.190. The molecule has 0 aromatic rings. The van der Waals surface area contributed by atoms with E-state index in [1.54, 1.807) is 0 Å². The van der Waals surface area contributed by atoms with Gasteiger partial charge in [0.05, 0.1) is 38.5 Å². The van der Waals surface area contributed by atoms with Gasteiger partial charge in [0.1, 0.15) is 0 Å². The molecule has 2 atom stereocenters. The minimum absolute atomic E-state index is 0. The van der Waals surface area contributed by atoms with E-state index in [9.17, 15) is 0 Å². The molecule has 2 unspecified atom stereocenters. The third-order valence-electron chi connectivity index (χ3n) is 5.78. The van der Waals surface area contributed by atoms with E-state index in [1.165, 1.54) is 17.9 Å². The zero-order valence-electron chi connectivity index (χ0n) is 17.8. The highest BCUT2D eigenvalue weighted by Gasteiger charge is 2.40. The SMILES string of the molecule is CCNC(=NCC1(N2CCOCC2)CCSC1)NCCCOCC1CCOC1.I. The van der Waals surface area contributed by atoms with E-state index in [4.69, 9.17) is 19.2 Å². The molecule has 0 radical (unpaired) electrons. The number of nitrogens with one attached hydrogen (secondary N) is 2. The van der Waals surface area contributed by atoms with Gasteiger partial charge in [0.15, 0.2) is 5.96 Å². The summed E-state index contributed by atoms with van der Waals surface area (Å²) in [6.07, 6.45) is 3.35. The van der Waals surface area contributed by atoms with Gasteiger partial charge >= 0.3 is 0 Å². The zero-order valence-corrected chi connectivity index (χ0v) is 21.0. The van der Waals surface area contributed by atoms with Gasteiger partial charge in [-0.1, -0.05) is 0 Å². The fourth-order valence-corrected chi connectivity index (χ4v) is 5.49. The van der Waals surface area contributed by atoms with Crippen molar-refractivity contribution in [2.24, 2.45) is 10.9 Å². The summed E-state index contributed by atoms with van der Waals surface area (Å²) in [5.74, 6) is 3.93. The fraction of sp³-hybridized carbons (Fsp3) is 0.950. The van der Waals surface area contributed by atoms with Crippen LogP contribution in [-0.2, 0) is 14.2 Å². The summed E-state index contributed by atoms with van der Waals surface area (Å²) in [5, 5.41) is 6.87. The van der Waals surface area contributed by atoms with Crippen LogP contribution in [0.4, 0.5) is 0 Å². The third kappa shape index (κ3) is 8.33. The van der Waals surface area contributed by atoms with Crippen molar-refractivity contribution in [1.29, 1.82) is 0 Å². The number of thioether (sulfide) groups is 1. The van der Waals surface area contributed by atoms with Gasteiger partial charge in [-0.15, -0.1) is 24.0 Å². The molecule has 3 aliphatic rings. The number of guanidine groups is 1. The van der Waals surface area contributed by atoms with Crippen molar-refractivity contribution in [3.05, 3.63) is 0 Å². The van der Waals surface area contributed by atoms with Gasteiger partial charge in [-0.25, -0.2) is 0 Å². The van der Waals surface area contributed by atoms with E-state index < -0.39 is 0 Å². The van der Waals surface area contributed by atoms with Crippen LogP contribution in [0.25, 0.3) is 0 Å². The summed E-state index contributed by atoms with van der Waals surface area (Å²) in [7, 11) is 0. The molecule has 7 nitrogen and oxygen atoms in total. The highest BCUT2D eigenvalue weighted by atomic mass is 127. The molecule has 0 aromatic heterocycles. The Kier molecular flexibility index (Phi) is 12.5. The molecule has 3 aliphatic heterocycles. The van der Waals surface area contributed by atoms with Crippen molar-refractivity contribution in [3.63, 3.8) is 0 Å². The topological polar surface area (TPSA) is 67.4 Å². The van der Waals surface area contributed by atoms with Crippen molar-refractivity contribution in [3.8, 4) is 0 Å². The molecule has 0 aromatic carbocycles. The minimum Gasteiger partial charge on any atom is -0.381 e. The molecule has 3 saturated heterocycles. The second kappa shape index (κ2) is 14.3. The van der Waals surface area contributed by atoms with Crippen LogP contribution in [0.5, 0.6) is 0 Å². The Morgan fingerprint density at radius 2 is 2.10 bits per heavy atom. The highest BCUT2D eigenvalue weighted by Crippen LogP contribution is 2.34. The zero-order chi connectivity index (χ0) is 19.5. The molecular formula is C20H39IN4O3S. The molecule has 3 heterocycles. The van der Waals surface area contributed by atoms with Crippen LogP contribution in [0.1, 0.15) is 26.2 Å². The lowest BCUT2D eigenvalue weighted by Crippen LogP contribution is -2.56. The molecule has 0 amide bonds. The van der Waals surface area contributed by atoms with E-state index in [-0.39, 0.29) is 29.5 Å². The first-order valence-corrected chi connectivity index (χ1v) is 12.1. The van der Waals surface area contributed by atoms with Gasteiger partial charge in [-0.2, -0.15) is 11.8 Å². The number of ether oxygens (including phenoxy) is 3. The van der Waals surface area contributed by atoms with Crippen LogP contribution >= 0.6 is 35.7 Å². The van der Waals surface area contributed by atoms with Crippen LogP contribution in [0, 0.1) is 5.92 Å². The Balaban J connectivity index is 0.00000300. The lowest BCUT2D eigenvalue weighted by atomic mass is 9.96. The number of hydrogen-bond donors (Lipinski definition) is 2. The van der Waals surface area contributed by atoms with Crippen LogP contribution in [0.2, 0.25) is 0 Å². The van der Waals surface area contributed by atoms with Crippen molar-refractivity contribution in [2.75, 3.05) is 83.9 Å². The lowest BCUT2D eigenvalue weighted by Gasteiger charge is -2.42. The molecule has 3 fully saturated rings. The first-order chi connectivity index (χ1) is 13.8. The van der Waals surface area contributed by atoms with Gasteiger partial charge in [0.2, 0.25) is 0 Å². The monoisotopic (exact) mass is 542 g/mol. The Labute approximate surface area is 197 Å². The summed E-state index contributed by atoms with van der Waals surface area (Å²) in [5.41, 5.74) is 0.198. The standard InChI is InChI=1S/C20H38N4O3S.HI/c1-2-21-19(22-6-3-9-26-14-18-4-10-27-15-18)23-16-20(5-13-28-17-20)24-7-11-25-12-8-24;/h18H,2-17H2,1H3,(H2,21,22,23);1H. The van der Waals surface area contributed by atoms with Crippen molar-refractivity contribution in [1.82, 2.24) is 15.5 Å². The third-order valence-corrected chi connectivity index (χ3v) is 7.01. The highest BCUT2D eigenvalue weighted by molar-refractivity contribution is 14.0. The van der Waals surface area contributed by atoms with Gasteiger partial charge in [-0.05, 0) is 31.9 Å². The maximum absolute atomic E-state index is 5.79. The van der Waals surface area contributed by atoms with Crippen LogP contribution < -0.4 is 10.6 Å².